The molecular formula is C15H23NO5. The quantitative estimate of drug-likeness (QED) is 0.786. The van der Waals surface area contributed by atoms with Gasteiger partial charge < -0.3 is 24.2 Å². The highest BCUT2D eigenvalue weighted by Crippen LogP contribution is 2.38. The van der Waals surface area contributed by atoms with Crippen molar-refractivity contribution in [2.45, 2.75) is 20.5 Å². The van der Waals surface area contributed by atoms with E-state index in [1.165, 1.54) is 14.2 Å². The number of rotatable bonds is 8. The van der Waals surface area contributed by atoms with Gasteiger partial charge in [0.15, 0.2) is 18.1 Å². The summed E-state index contributed by atoms with van der Waals surface area (Å²) in [6, 6.07) is 3.31. The minimum atomic E-state index is -0.134. The van der Waals surface area contributed by atoms with Crippen LogP contribution in [0.5, 0.6) is 17.2 Å². The maximum atomic E-state index is 12.0. The van der Waals surface area contributed by atoms with Crippen molar-refractivity contribution in [3.8, 4) is 17.2 Å². The van der Waals surface area contributed by atoms with Gasteiger partial charge in [0.25, 0.3) is 5.91 Å². The smallest absolute Gasteiger partial charge is 0.260 e. The highest BCUT2D eigenvalue weighted by atomic mass is 16.5. The van der Waals surface area contributed by atoms with E-state index in [4.69, 9.17) is 14.2 Å². The van der Waals surface area contributed by atoms with Crippen molar-refractivity contribution >= 4 is 5.91 Å². The molecule has 0 saturated heterocycles. The number of hydrogen-bond donors (Lipinski definition) is 1. The van der Waals surface area contributed by atoms with Gasteiger partial charge in [-0.1, -0.05) is 0 Å². The number of hydrogen-bond acceptors (Lipinski definition) is 5. The average Bonchev–Trinajstić information content (AvgIpc) is 2.52. The molecule has 0 atom stereocenters. The molecule has 6 heteroatoms. The molecule has 0 unspecified atom stereocenters. The van der Waals surface area contributed by atoms with Crippen LogP contribution in [0.2, 0.25) is 0 Å². The fourth-order valence-corrected chi connectivity index (χ4v) is 1.97. The number of methoxy groups -OCH3 is 2. The van der Waals surface area contributed by atoms with E-state index >= 15 is 0 Å². The molecule has 0 aliphatic heterocycles. The first-order valence-corrected chi connectivity index (χ1v) is 6.87. The monoisotopic (exact) mass is 297 g/mol. The molecule has 6 nitrogen and oxygen atoms in total. The Labute approximate surface area is 125 Å². The van der Waals surface area contributed by atoms with Gasteiger partial charge in [0.2, 0.25) is 5.75 Å². The van der Waals surface area contributed by atoms with E-state index in [-0.39, 0.29) is 19.1 Å². The zero-order chi connectivity index (χ0) is 15.8. The summed E-state index contributed by atoms with van der Waals surface area (Å²) in [5.74, 6) is 1.10. The predicted molar refractivity (Wildman–Crippen MR) is 78.9 cm³/mol. The molecule has 0 spiro atoms. The summed E-state index contributed by atoms with van der Waals surface area (Å²) in [5.41, 5.74) is 0.645. The number of aliphatic hydroxyl groups is 1. The van der Waals surface area contributed by atoms with Crippen LogP contribution in [0.3, 0.4) is 0 Å². The van der Waals surface area contributed by atoms with Gasteiger partial charge in [-0.2, -0.15) is 0 Å². The molecule has 0 radical (unpaired) electrons. The summed E-state index contributed by atoms with van der Waals surface area (Å²) in [5, 5.41) is 9.21. The molecule has 0 aliphatic rings. The first-order valence-electron chi connectivity index (χ1n) is 6.87. The number of likely N-dealkylation sites (N-methyl/N-ethyl adjacent to an activating group) is 1. The van der Waals surface area contributed by atoms with Crippen molar-refractivity contribution in [3.05, 3.63) is 17.7 Å². The van der Waals surface area contributed by atoms with Crippen LogP contribution < -0.4 is 14.2 Å². The molecule has 0 saturated carbocycles. The molecule has 1 aromatic rings. The highest BCUT2D eigenvalue weighted by molar-refractivity contribution is 5.78. The van der Waals surface area contributed by atoms with Crippen LogP contribution in [-0.2, 0) is 11.4 Å². The summed E-state index contributed by atoms with van der Waals surface area (Å²) in [7, 11) is 2.99. The van der Waals surface area contributed by atoms with Crippen LogP contribution in [-0.4, -0.2) is 49.8 Å². The van der Waals surface area contributed by atoms with Crippen LogP contribution in [0.15, 0.2) is 12.1 Å². The lowest BCUT2D eigenvalue weighted by atomic mass is 10.2. The Kier molecular flexibility index (Phi) is 6.81. The Morgan fingerprint density at radius 3 is 2.05 bits per heavy atom. The third-order valence-electron chi connectivity index (χ3n) is 3.16. The molecule has 21 heavy (non-hydrogen) atoms. The predicted octanol–water partition coefficient (Wildman–Crippen LogP) is 1.44. The number of benzene rings is 1. The minimum Gasteiger partial charge on any atom is -0.493 e. The van der Waals surface area contributed by atoms with Gasteiger partial charge in [0, 0.05) is 13.1 Å². The molecule has 1 aromatic carbocycles. The van der Waals surface area contributed by atoms with E-state index < -0.39 is 0 Å². The molecule has 1 amide bonds. The van der Waals surface area contributed by atoms with E-state index in [0.29, 0.717) is 35.9 Å². The summed E-state index contributed by atoms with van der Waals surface area (Å²) in [4.78, 5) is 13.7. The van der Waals surface area contributed by atoms with Crippen molar-refractivity contribution in [1.29, 1.82) is 0 Å². The fraction of sp³-hybridized carbons (Fsp3) is 0.533. The first kappa shape index (κ1) is 17.1. The maximum Gasteiger partial charge on any atom is 0.260 e. The Morgan fingerprint density at radius 2 is 1.67 bits per heavy atom. The van der Waals surface area contributed by atoms with Crippen LogP contribution >= 0.6 is 0 Å². The Hall–Kier alpha value is -1.95. The summed E-state index contributed by atoms with van der Waals surface area (Å²) in [6.07, 6.45) is 0. The van der Waals surface area contributed by atoms with Crippen LogP contribution in [0, 0.1) is 0 Å². The molecule has 1 N–H and O–H groups in total. The van der Waals surface area contributed by atoms with Gasteiger partial charge in [0.05, 0.1) is 20.8 Å². The van der Waals surface area contributed by atoms with Gasteiger partial charge in [-0.05, 0) is 31.5 Å². The second-order valence-corrected chi connectivity index (χ2v) is 4.34. The standard InChI is InChI=1S/C15H23NO5/c1-5-16(6-2)14(18)10-21-15-12(19-3)7-11(9-17)8-13(15)20-4/h7-8,17H,5-6,9-10H2,1-4H3. The van der Waals surface area contributed by atoms with Crippen molar-refractivity contribution < 1.29 is 24.1 Å². The molecule has 118 valence electrons. The Balaban J connectivity index is 2.94. The van der Waals surface area contributed by atoms with E-state index in [0.717, 1.165) is 0 Å². The molecule has 0 aliphatic carbocycles. The zero-order valence-corrected chi connectivity index (χ0v) is 13.0. The molecule has 0 heterocycles. The van der Waals surface area contributed by atoms with Gasteiger partial charge in [-0.3, -0.25) is 4.79 Å². The summed E-state index contributed by atoms with van der Waals surface area (Å²) >= 11 is 0. The average molecular weight is 297 g/mol. The lowest BCUT2D eigenvalue weighted by molar-refractivity contribution is -0.133. The van der Waals surface area contributed by atoms with Gasteiger partial charge >= 0.3 is 0 Å². The number of nitrogens with zero attached hydrogens (tertiary/aromatic N) is 1. The van der Waals surface area contributed by atoms with E-state index in [9.17, 15) is 9.90 Å². The van der Waals surface area contributed by atoms with Crippen LogP contribution in [0.25, 0.3) is 0 Å². The number of carbonyl (C=O) groups is 1. The number of amides is 1. The normalized spacial score (nSPS) is 10.1. The largest absolute Gasteiger partial charge is 0.493 e. The second kappa shape index (κ2) is 8.36. The number of carbonyl (C=O) groups excluding carboxylic acids is 1. The van der Waals surface area contributed by atoms with E-state index in [2.05, 4.69) is 0 Å². The van der Waals surface area contributed by atoms with Gasteiger partial charge in [-0.15, -0.1) is 0 Å². The third kappa shape index (κ3) is 4.26. The van der Waals surface area contributed by atoms with Crippen molar-refractivity contribution in [1.82, 2.24) is 4.90 Å². The zero-order valence-electron chi connectivity index (χ0n) is 13.0. The second-order valence-electron chi connectivity index (χ2n) is 4.34. The van der Waals surface area contributed by atoms with Gasteiger partial charge in [-0.25, -0.2) is 0 Å². The number of aliphatic hydroxyl groups excluding tert-OH is 1. The maximum absolute atomic E-state index is 12.0. The Morgan fingerprint density at radius 1 is 1.14 bits per heavy atom. The van der Waals surface area contributed by atoms with E-state index in [1.807, 2.05) is 13.8 Å². The molecule has 0 fully saturated rings. The van der Waals surface area contributed by atoms with Crippen molar-refractivity contribution in [2.24, 2.45) is 0 Å². The summed E-state index contributed by atoms with van der Waals surface area (Å²) < 4.78 is 16.0. The highest BCUT2D eigenvalue weighted by Gasteiger charge is 2.17. The molecule has 1 rings (SSSR count). The topological polar surface area (TPSA) is 68.2 Å². The number of ether oxygens (including phenoxy) is 3. The van der Waals surface area contributed by atoms with E-state index in [1.54, 1.807) is 17.0 Å². The molecule has 0 aromatic heterocycles. The Bertz CT molecular complexity index is 446. The lowest BCUT2D eigenvalue weighted by Gasteiger charge is -2.20. The van der Waals surface area contributed by atoms with Crippen molar-refractivity contribution in [3.63, 3.8) is 0 Å². The lowest BCUT2D eigenvalue weighted by Crippen LogP contribution is -2.34. The first-order chi connectivity index (χ1) is 10.1. The summed E-state index contributed by atoms with van der Waals surface area (Å²) in [6.45, 7) is 4.88. The van der Waals surface area contributed by atoms with Gasteiger partial charge in [0.1, 0.15) is 0 Å². The fourth-order valence-electron chi connectivity index (χ4n) is 1.97. The minimum absolute atomic E-state index is 0.0904. The molecular weight excluding hydrogens is 274 g/mol. The SMILES string of the molecule is CCN(CC)C(=O)COc1c(OC)cc(CO)cc1OC. The molecule has 0 bridgehead atoms. The van der Waals surface area contributed by atoms with Crippen LogP contribution in [0.4, 0.5) is 0 Å². The third-order valence-corrected chi connectivity index (χ3v) is 3.16. The van der Waals surface area contributed by atoms with Crippen LogP contribution in [0.1, 0.15) is 19.4 Å². The van der Waals surface area contributed by atoms with Crippen molar-refractivity contribution in [2.75, 3.05) is 33.9 Å².